The number of hydrogen-bond donors (Lipinski definition) is 1. The van der Waals surface area contributed by atoms with E-state index in [1.54, 1.807) is 12.1 Å². The number of thiazole rings is 1. The Kier molecular flexibility index (Phi) is 8.51. The SMILES string of the molecule is O=C(CCC(=O)C(CC1CCOCC1)c1ccc(S(=O)(=O)C2CC2)cc1)c1ncc(C(O)C(F)(F)F)s1. The minimum Gasteiger partial charge on any atom is -0.381 e. The second kappa shape index (κ2) is 11.3. The number of ketones is 2. The van der Waals surface area contributed by atoms with Crippen LogP contribution in [0.25, 0.3) is 0 Å². The molecule has 202 valence electrons. The summed E-state index contributed by atoms with van der Waals surface area (Å²) >= 11 is 0.459. The fourth-order valence-electron chi connectivity index (χ4n) is 4.45. The van der Waals surface area contributed by atoms with Crippen molar-refractivity contribution in [3.63, 3.8) is 0 Å². The molecule has 0 spiro atoms. The molecule has 2 unspecified atom stereocenters. The number of halogens is 3. The molecule has 2 aliphatic rings. The molecule has 1 aromatic carbocycles. The van der Waals surface area contributed by atoms with Gasteiger partial charge < -0.3 is 9.84 Å². The maximum Gasteiger partial charge on any atom is 0.419 e. The summed E-state index contributed by atoms with van der Waals surface area (Å²) in [5.41, 5.74) is 0.670. The fraction of sp³-hybridized carbons (Fsp3) is 0.560. The maximum absolute atomic E-state index is 13.3. The number of carbonyl (C=O) groups is 2. The molecule has 1 aliphatic carbocycles. The molecule has 4 rings (SSSR count). The second-order valence-electron chi connectivity index (χ2n) is 9.56. The fourth-order valence-corrected chi connectivity index (χ4v) is 7.00. The molecule has 1 aliphatic heterocycles. The van der Waals surface area contributed by atoms with Crippen molar-refractivity contribution in [2.45, 2.75) is 73.3 Å². The van der Waals surface area contributed by atoms with Gasteiger partial charge in [-0.1, -0.05) is 12.1 Å². The number of carbonyl (C=O) groups excluding carboxylic acids is 2. The van der Waals surface area contributed by atoms with Gasteiger partial charge in [0.15, 0.2) is 26.7 Å². The first-order chi connectivity index (χ1) is 17.5. The molecule has 2 atom stereocenters. The average Bonchev–Trinajstić information content (AvgIpc) is 3.63. The topological polar surface area (TPSA) is 111 Å². The van der Waals surface area contributed by atoms with E-state index in [1.165, 1.54) is 12.1 Å². The standard InChI is InChI=1S/C25H28F3NO6S2/c26-25(27,28)23(32)22-14-29-24(36-22)21(31)8-7-20(30)19(13-15-9-11-35-12-10-15)16-1-3-17(4-2-16)37(33,34)18-5-6-18/h1-4,14-15,18-19,23,32H,5-13H2. The van der Waals surface area contributed by atoms with Crippen LogP contribution in [0, 0.1) is 5.92 Å². The molecule has 0 amide bonds. The molecule has 37 heavy (non-hydrogen) atoms. The summed E-state index contributed by atoms with van der Waals surface area (Å²) in [7, 11) is -3.36. The maximum atomic E-state index is 13.3. The van der Waals surface area contributed by atoms with E-state index in [2.05, 4.69) is 4.98 Å². The third-order valence-corrected chi connectivity index (χ3v) is 10.2. The van der Waals surface area contributed by atoms with E-state index in [4.69, 9.17) is 4.74 Å². The minimum atomic E-state index is -4.87. The normalized spacial score (nSPS) is 18.9. The lowest BCUT2D eigenvalue weighted by molar-refractivity contribution is -0.205. The summed E-state index contributed by atoms with van der Waals surface area (Å²) in [6.45, 7) is 1.19. The summed E-state index contributed by atoms with van der Waals surface area (Å²) < 4.78 is 68.7. The van der Waals surface area contributed by atoms with E-state index < -0.39 is 38.7 Å². The van der Waals surface area contributed by atoms with Gasteiger partial charge in [-0.2, -0.15) is 13.2 Å². The first-order valence-corrected chi connectivity index (χ1v) is 14.5. The van der Waals surface area contributed by atoms with Gasteiger partial charge in [0, 0.05) is 38.2 Å². The quantitative estimate of drug-likeness (QED) is 0.394. The summed E-state index contributed by atoms with van der Waals surface area (Å²) in [4.78, 5) is 29.3. The van der Waals surface area contributed by atoms with Gasteiger partial charge in [-0.05, 0) is 55.7 Å². The number of aromatic nitrogens is 1. The zero-order valence-electron chi connectivity index (χ0n) is 19.9. The third kappa shape index (κ3) is 6.84. The van der Waals surface area contributed by atoms with Gasteiger partial charge in [-0.15, -0.1) is 11.3 Å². The number of hydrogen-bond acceptors (Lipinski definition) is 8. The Labute approximate surface area is 217 Å². The first kappa shape index (κ1) is 27.9. The molecule has 0 radical (unpaired) electrons. The summed E-state index contributed by atoms with van der Waals surface area (Å²) in [6.07, 6.45) is -3.71. The van der Waals surface area contributed by atoms with Crippen molar-refractivity contribution in [3.8, 4) is 0 Å². The monoisotopic (exact) mass is 559 g/mol. The Bertz CT molecular complexity index is 1220. The van der Waals surface area contributed by atoms with Gasteiger partial charge in [-0.3, -0.25) is 9.59 Å². The Balaban J connectivity index is 1.45. The Hall–Kier alpha value is -2.15. The minimum absolute atomic E-state index is 0.133. The van der Waals surface area contributed by atoms with Crippen LogP contribution in [-0.2, 0) is 19.4 Å². The van der Waals surface area contributed by atoms with E-state index in [-0.39, 0.29) is 39.7 Å². The lowest BCUT2D eigenvalue weighted by Crippen LogP contribution is -2.22. The Morgan fingerprint density at radius 1 is 1.08 bits per heavy atom. The summed E-state index contributed by atoms with van der Waals surface area (Å²) in [5.74, 6) is -1.09. The van der Waals surface area contributed by atoms with E-state index >= 15 is 0 Å². The molecule has 1 saturated carbocycles. The first-order valence-electron chi connectivity index (χ1n) is 12.1. The van der Waals surface area contributed by atoms with Crippen molar-refractivity contribution < 1.29 is 41.0 Å². The zero-order valence-corrected chi connectivity index (χ0v) is 21.6. The zero-order chi connectivity index (χ0) is 26.8. The van der Waals surface area contributed by atoms with E-state index in [0.29, 0.717) is 49.4 Å². The Morgan fingerprint density at radius 2 is 1.73 bits per heavy atom. The second-order valence-corrected chi connectivity index (χ2v) is 12.8. The van der Waals surface area contributed by atoms with Crippen LogP contribution < -0.4 is 0 Å². The van der Waals surface area contributed by atoms with Gasteiger partial charge in [0.25, 0.3) is 0 Å². The third-order valence-electron chi connectivity index (χ3n) is 6.81. The van der Waals surface area contributed by atoms with Gasteiger partial charge >= 0.3 is 6.18 Å². The molecular weight excluding hydrogens is 531 g/mol. The van der Waals surface area contributed by atoms with Crippen molar-refractivity contribution in [2.75, 3.05) is 13.2 Å². The van der Waals surface area contributed by atoms with Gasteiger partial charge in [0.1, 0.15) is 5.78 Å². The highest BCUT2D eigenvalue weighted by molar-refractivity contribution is 7.92. The van der Waals surface area contributed by atoms with Crippen LogP contribution in [0.4, 0.5) is 13.2 Å². The van der Waals surface area contributed by atoms with Crippen molar-refractivity contribution in [3.05, 3.63) is 45.9 Å². The van der Waals surface area contributed by atoms with E-state index in [1.807, 2.05) is 0 Å². The molecule has 1 aromatic heterocycles. The predicted octanol–water partition coefficient (Wildman–Crippen LogP) is 4.81. The number of aliphatic hydroxyl groups excluding tert-OH is 1. The highest BCUT2D eigenvalue weighted by atomic mass is 32.2. The summed E-state index contributed by atoms with van der Waals surface area (Å²) in [5, 5.41) is 8.83. The molecule has 7 nitrogen and oxygen atoms in total. The number of alkyl halides is 3. The van der Waals surface area contributed by atoms with Crippen LogP contribution >= 0.6 is 11.3 Å². The molecular formula is C25H28F3NO6S2. The van der Waals surface area contributed by atoms with E-state index in [0.717, 1.165) is 19.0 Å². The van der Waals surface area contributed by atoms with Crippen LogP contribution in [0.1, 0.15) is 77.2 Å². The van der Waals surface area contributed by atoms with Crippen LogP contribution in [0.5, 0.6) is 0 Å². The largest absolute Gasteiger partial charge is 0.419 e. The predicted molar refractivity (Wildman–Crippen MR) is 129 cm³/mol. The molecule has 2 aromatic rings. The number of ether oxygens (including phenoxy) is 1. The highest BCUT2D eigenvalue weighted by Crippen LogP contribution is 2.37. The van der Waals surface area contributed by atoms with Crippen LogP contribution in [-0.4, -0.2) is 54.7 Å². The molecule has 1 N–H and O–H groups in total. The van der Waals surface area contributed by atoms with Crippen molar-refractivity contribution in [1.82, 2.24) is 4.98 Å². The number of nitrogens with zero attached hydrogens (tertiary/aromatic N) is 1. The number of sulfone groups is 1. The smallest absolute Gasteiger partial charge is 0.381 e. The highest BCUT2D eigenvalue weighted by Gasteiger charge is 2.41. The molecule has 12 heteroatoms. The lowest BCUT2D eigenvalue weighted by atomic mass is 9.81. The summed E-state index contributed by atoms with van der Waals surface area (Å²) in [6, 6.07) is 6.37. The van der Waals surface area contributed by atoms with E-state index in [9.17, 15) is 36.3 Å². The molecule has 2 heterocycles. The molecule has 2 fully saturated rings. The number of rotatable bonds is 11. The van der Waals surface area contributed by atoms with Crippen molar-refractivity contribution >= 4 is 32.7 Å². The van der Waals surface area contributed by atoms with Crippen LogP contribution in [0.2, 0.25) is 0 Å². The van der Waals surface area contributed by atoms with Crippen LogP contribution in [0.15, 0.2) is 35.4 Å². The molecule has 1 saturated heterocycles. The van der Waals surface area contributed by atoms with Gasteiger partial charge in [0.2, 0.25) is 0 Å². The van der Waals surface area contributed by atoms with Crippen LogP contribution in [0.3, 0.4) is 0 Å². The van der Waals surface area contributed by atoms with Crippen molar-refractivity contribution in [2.24, 2.45) is 5.92 Å². The van der Waals surface area contributed by atoms with Gasteiger partial charge in [-0.25, -0.2) is 13.4 Å². The lowest BCUT2D eigenvalue weighted by Gasteiger charge is -2.26. The average molecular weight is 560 g/mol. The number of Topliss-reactive ketones (excluding diaryl/α,β-unsaturated/α-hetero) is 2. The Morgan fingerprint density at radius 3 is 2.32 bits per heavy atom. The van der Waals surface area contributed by atoms with Crippen molar-refractivity contribution in [1.29, 1.82) is 0 Å². The number of aliphatic hydroxyl groups is 1. The van der Waals surface area contributed by atoms with Gasteiger partial charge in [0.05, 0.1) is 15.0 Å². The molecule has 0 bridgehead atoms. The number of benzene rings is 1.